The SMILES string of the molecule is CC(C)[C@@H](CO)NC(O)CS. The third-order valence-electron chi connectivity index (χ3n) is 1.58. The molecule has 0 aromatic carbocycles. The molecule has 4 heteroatoms. The molecule has 0 radical (unpaired) electrons. The Hall–Kier alpha value is 0.230. The van der Waals surface area contributed by atoms with E-state index in [-0.39, 0.29) is 12.6 Å². The van der Waals surface area contributed by atoms with Gasteiger partial charge in [0.25, 0.3) is 0 Å². The molecule has 0 heterocycles. The Kier molecular flexibility index (Phi) is 5.95. The molecule has 0 spiro atoms. The van der Waals surface area contributed by atoms with E-state index in [4.69, 9.17) is 10.2 Å². The first-order valence-electron chi connectivity index (χ1n) is 3.77. The average molecular weight is 179 g/mol. The minimum atomic E-state index is -0.627. The van der Waals surface area contributed by atoms with E-state index >= 15 is 0 Å². The van der Waals surface area contributed by atoms with Gasteiger partial charge >= 0.3 is 0 Å². The molecular formula is C7H17NO2S. The van der Waals surface area contributed by atoms with E-state index in [2.05, 4.69) is 17.9 Å². The second-order valence-electron chi connectivity index (χ2n) is 2.90. The predicted octanol–water partition coefficient (Wildman–Crippen LogP) is -0.159. The molecule has 0 rings (SSSR count). The summed E-state index contributed by atoms with van der Waals surface area (Å²) in [5, 5.41) is 20.8. The number of hydrogen-bond acceptors (Lipinski definition) is 4. The van der Waals surface area contributed by atoms with Crippen molar-refractivity contribution in [1.82, 2.24) is 5.32 Å². The highest BCUT2D eigenvalue weighted by Crippen LogP contribution is 2.01. The second-order valence-corrected chi connectivity index (χ2v) is 3.26. The molecule has 0 bridgehead atoms. The highest BCUT2D eigenvalue weighted by Gasteiger charge is 2.14. The Morgan fingerprint density at radius 3 is 2.27 bits per heavy atom. The summed E-state index contributed by atoms with van der Waals surface area (Å²) in [5.74, 6) is 0.679. The fourth-order valence-electron chi connectivity index (χ4n) is 0.756. The van der Waals surface area contributed by atoms with E-state index in [1.54, 1.807) is 0 Å². The summed E-state index contributed by atoms with van der Waals surface area (Å²) in [4.78, 5) is 0. The lowest BCUT2D eigenvalue weighted by Gasteiger charge is -2.22. The van der Waals surface area contributed by atoms with E-state index in [9.17, 15) is 0 Å². The smallest absolute Gasteiger partial charge is 0.114 e. The summed E-state index contributed by atoms with van der Waals surface area (Å²) < 4.78 is 0. The summed E-state index contributed by atoms with van der Waals surface area (Å²) >= 11 is 3.90. The third kappa shape index (κ3) is 4.63. The molecule has 0 aromatic rings. The Morgan fingerprint density at radius 2 is 2.00 bits per heavy atom. The molecule has 3 N–H and O–H groups in total. The number of thiol groups is 1. The molecule has 0 aliphatic carbocycles. The predicted molar refractivity (Wildman–Crippen MR) is 48.7 cm³/mol. The van der Waals surface area contributed by atoms with Gasteiger partial charge in [-0.05, 0) is 5.92 Å². The molecule has 11 heavy (non-hydrogen) atoms. The van der Waals surface area contributed by atoms with Gasteiger partial charge in [-0.2, -0.15) is 12.6 Å². The van der Waals surface area contributed by atoms with E-state index in [0.717, 1.165) is 0 Å². The first kappa shape index (κ1) is 11.2. The molecule has 1 unspecified atom stereocenters. The van der Waals surface area contributed by atoms with Crippen LogP contribution in [0.1, 0.15) is 13.8 Å². The maximum atomic E-state index is 9.11. The van der Waals surface area contributed by atoms with Crippen molar-refractivity contribution in [3.05, 3.63) is 0 Å². The highest BCUT2D eigenvalue weighted by atomic mass is 32.1. The lowest BCUT2D eigenvalue weighted by atomic mass is 10.1. The monoisotopic (exact) mass is 179 g/mol. The van der Waals surface area contributed by atoms with Crippen molar-refractivity contribution < 1.29 is 10.2 Å². The standard InChI is InChI=1S/C7H17NO2S/c1-5(2)6(3-9)8-7(10)4-11/h5-11H,3-4H2,1-2H3/t6-,7?/m1/s1. The quantitative estimate of drug-likeness (QED) is 0.350. The van der Waals surface area contributed by atoms with Gasteiger partial charge in [0.05, 0.1) is 6.61 Å². The zero-order valence-corrected chi connectivity index (χ0v) is 7.88. The maximum Gasteiger partial charge on any atom is 0.114 e. The van der Waals surface area contributed by atoms with Crippen LogP contribution in [0.4, 0.5) is 0 Å². The fraction of sp³-hybridized carbons (Fsp3) is 1.00. The van der Waals surface area contributed by atoms with Gasteiger partial charge in [0, 0.05) is 11.8 Å². The van der Waals surface area contributed by atoms with Crippen LogP contribution >= 0.6 is 12.6 Å². The molecule has 0 fully saturated rings. The van der Waals surface area contributed by atoms with Crippen LogP contribution in [-0.4, -0.2) is 34.8 Å². The van der Waals surface area contributed by atoms with Gasteiger partial charge in [-0.25, -0.2) is 0 Å². The molecule has 3 nitrogen and oxygen atoms in total. The zero-order valence-electron chi connectivity index (χ0n) is 6.99. The van der Waals surface area contributed by atoms with Crippen LogP contribution in [0.15, 0.2) is 0 Å². The van der Waals surface area contributed by atoms with Crippen molar-refractivity contribution in [1.29, 1.82) is 0 Å². The van der Waals surface area contributed by atoms with Crippen molar-refractivity contribution in [2.24, 2.45) is 5.92 Å². The highest BCUT2D eigenvalue weighted by molar-refractivity contribution is 7.80. The van der Waals surface area contributed by atoms with E-state index in [1.165, 1.54) is 0 Å². The van der Waals surface area contributed by atoms with Gasteiger partial charge in [0.1, 0.15) is 6.23 Å². The Balaban J connectivity index is 3.68. The molecule has 0 saturated carbocycles. The van der Waals surface area contributed by atoms with E-state index < -0.39 is 6.23 Å². The Morgan fingerprint density at radius 1 is 1.45 bits per heavy atom. The molecule has 0 aliphatic rings. The van der Waals surface area contributed by atoms with Crippen LogP contribution in [0.3, 0.4) is 0 Å². The first-order chi connectivity index (χ1) is 5.11. The Labute approximate surface area is 73.2 Å². The van der Waals surface area contributed by atoms with Crippen LogP contribution in [0, 0.1) is 5.92 Å². The maximum absolute atomic E-state index is 9.11. The van der Waals surface area contributed by atoms with E-state index in [1.807, 2.05) is 13.8 Å². The summed E-state index contributed by atoms with van der Waals surface area (Å²) in [6, 6.07) is -0.0443. The van der Waals surface area contributed by atoms with Crippen LogP contribution in [0.5, 0.6) is 0 Å². The largest absolute Gasteiger partial charge is 0.395 e. The summed E-state index contributed by atoms with van der Waals surface area (Å²) in [7, 11) is 0. The molecule has 0 aliphatic heterocycles. The molecular weight excluding hydrogens is 162 g/mol. The van der Waals surface area contributed by atoms with Crippen molar-refractivity contribution in [2.45, 2.75) is 26.1 Å². The Bertz CT molecular complexity index is 100. The number of aliphatic hydroxyl groups is 2. The number of hydrogen-bond donors (Lipinski definition) is 4. The summed E-state index contributed by atoms with van der Waals surface area (Å²) in [6.45, 7) is 4.01. The van der Waals surface area contributed by atoms with Crippen LogP contribution < -0.4 is 5.32 Å². The van der Waals surface area contributed by atoms with Crippen LogP contribution in [-0.2, 0) is 0 Å². The van der Waals surface area contributed by atoms with Gasteiger partial charge in [-0.15, -0.1) is 0 Å². The first-order valence-corrected chi connectivity index (χ1v) is 4.40. The van der Waals surface area contributed by atoms with Gasteiger partial charge in [-0.3, -0.25) is 5.32 Å². The molecule has 2 atom stereocenters. The van der Waals surface area contributed by atoms with Crippen LogP contribution in [0.2, 0.25) is 0 Å². The fourth-order valence-corrected chi connectivity index (χ4v) is 0.861. The van der Waals surface area contributed by atoms with Gasteiger partial charge in [0.2, 0.25) is 0 Å². The lowest BCUT2D eigenvalue weighted by Crippen LogP contribution is -2.44. The molecule has 0 saturated heterocycles. The third-order valence-corrected chi connectivity index (χ3v) is 1.93. The molecule has 0 aromatic heterocycles. The van der Waals surface area contributed by atoms with Crippen LogP contribution in [0.25, 0.3) is 0 Å². The number of nitrogens with one attached hydrogen (secondary N) is 1. The van der Waals surface area contributed by atoms with Crippen molar-refractivity contribution in [2.75, 3.05) is 12.4 Å². The lowest BCUT2D eigenvalue weighted by molar-refractivity contribution is 0.107. The van der Waals surface area contributed by atoms with Gasteiger partial charge < -0.3 is 10.2 Å². The van der Waals surface area contributed by atoms with Crippen molar-refractivity contribution in [3.63, 3.8) is 0 Å². The zero-order chi connectivity index (χ0) is 8.85. The van der Waals surface area contributed by atoms with Crippen molar-refractivity contribution >= 4 is 12.6 Å². The van der Waals surface area contributed by atoms with Crippen molar-refractivity contribution in [3.8, 4) is 0 Å². The number of rotatable bonds is 5. The molecule has 0 amide bonds. The number of aliphatic hydroxyl groups excluding tert-OH is 2. The average Bonchev–Trinajstić information content (AvgIpc) is 1.99. The normalized spacial score (nSPS) is 16.9. The van der Waals surface area contributed by atoms with E-state index in [0.29, 0.717) is 11.7 Å². The topological polar surface area (TPSA) is 52.5 Å². The molecule has 68 valence electrons. The van der Waals surface area contributed by atoms with Gasteiger partial charge in [-0.1, -0.05) is 13.8 Å². The minimum absolute atomic E-state index is 0.0442. The minimum Gasteiger partial charge on any atom is -0.395 e. The summed E-state index contributed by atoms with van der Waals surface area (Å²) in [5.41, 5.74) is 0. The van der Waals surface area contributed by atoms with Gasteiger partial charge in [0.15, 0.2) is 0 Å². The second kappa shape index (κ2) is 5.83. The summed E-state index contributed by atoms with van der Waals surface area (Å²) in [6.07, 6.45) is -0.627.